The van der Waals surface area contributed by atoms with Gasteiger partial charge in [0.15, 0.2) is 5.75 Å². The summed E-state index contributed by atoms with van der Waals surface area (Å²) in [4.78, 5) is 4.32. The van der Waals surface area contributed by atoms with Crippen LogP contribution in [0.3, 0.4) is 0 Å². The molecule has 0 atom stereocenters. The standard InChI is InChI=1S/C15H8BrCl2NO/c16-11-8-19-13-7-9(17)5-6-10(13)15(11)20-14-4-2-1-3-12(14)18/h1-8H. The van der Waals surface area contributed by atoms with Crippen molar-refractivity contribution in [3.05, 3.63) is 63.2 Å². The summed E-state index contributed by atoms with van der Waals surface area (Å²) in [5.41, 5.74) is 0.766. The van der Waals surface area contributed by atoms with Gasteiger partial charge in [0.25, 0.3) is 0 Å². The predicted molar refractivity (Wildman–Crippen MR) is 86.0 cm³/mol. The van der Waals surface area contributed by atoms with Crippen molar-refractivity contribution in [2.75, 3.05) is 0 Å². The number of para-hydroxylation sites is 1. The molecule has 100 valence electrons. The van der Waals surface area contributed by atoms with Crippen LogP contribution in [0.1, 0.15) is 0 Å². The Morgan fingerprint density at radius 1 is 1.05 bits per heavy atom. The van der Waals surface area contributed by atoms with Crippen molar-refractivity contribution >= 4 is 50.0 Å². The van der Waals surface area contributed by atoms with E-state index < -0.39 is 0 Å². The van der Waals surface area contributed by atoms with Crippen LogP contribution in [-0.4, -0.2) is 4.98 Å². The molecular formula is C15H8BrCl2NO. The monoisotopic (exact) mass is 367 g/mol. The highest BCUT2D eigenvalue weighted by atomic mass is 79.9. The first-order valence-electron chi connectivity index (χ1n) is 5.81. The number of ether oxygens (including phenoxy) is 1. The van der Waals surface area contributed by atoms with Gasteiger partial charge in [0.05, 0.1) is 15.0 Å². The normalized spacial score (nSPS) is 10.8. The van der Waals surface area contributed by atoms with E-state index in [0.717, 1.165) is 15.4 Å². The Balaban J connectivity index is 2.15. The van der Waals surface area contributed by atoms with Crippen molar-refractivity contribution in [2.24, 2.45) is 0 Å². The number of hydrogen-bond donors (Lipinski definition) is 0. The minimum absolute atomic E-state index is 0.554. The molecule has 0 unspecified atom stereocenters. The molecule has 0 spiro atoms. The van der Waals surface area contributed by atoms with Gasteiger partial charge in [0.1, 0.15) is 5.75 Å². The first-order valence-corrected chi connectivity index (χ1v) is 7.36. The van der Waals surface area contributed by atoms with Crippen molar-refractivity contribution in [1.82, 2.24) is 4.98 Å². The molecule has 0 saturated heterocycles. The minimum Gasteiger partial charge on any atom is -0.454 e. The van der Waals surface area contributed by atoms with E-state index in [4.69, 9.17) is 27.9 Å². The molecule has 0 N–H and O–H groups in total. The molecular weight excluding hydrogens is 361 g/mol. The lowest BCUT2D eigenvalue weighted by atomic mass is 10.2. The first-order chi connectivity index (χ1) is 9.65. The van der Waals surface area contributed by atoms with Crippen molar-refractivity contribution in [1.29, 1.82) is 0 Å². The molecule has 0 aliphatic heterocycles. The van der Waals surface area contributed by atoms with Crippen LogP contribution >= 0.6 is 39.1 Å². The third-order valence-corrected chi connectivity index (χ3v) is 3.90. The predicted octanol–water partition coefficient (Wildman–Crippen LogP) is 6.10. The Morgan fingerprint density at radius 2 is 1.85 bits per heavy atom. The third kappa shape index (κ3) is 2.62. The van der Waals surface area contributed by atoms with E-state index in [2.05, 4.69) is 20.9 Å². The number of benzene rings is 2. The molecule has 1 heterocycles. The van der Waals surface area contributed by atoms with E-state index in [1.54, 1.807) is 24.4 Å². The first kappa shape index (κ1) is 13.7. The van der Waals surface area contributed by atoms with E-state index in [0.29, 0.717) is 21.5 Å². The number of halogens is 3. The highest BCUT2D eigenvalue weighted by molar-refractivity contribution is 9.10. The van der Waals surface area contributed by atoms with E-state index in [9.17, 15) is 0 Å². The molecule has 1 aromatic heterocycles. The number of nitrogens with zero attached hydrogens (tertiary/aromatic N) is 1. The summed E-state index contributed by atoms with van der Waals surface area (Å²) in [5.74, 6) is 1.26. The lowest BCUT2D eigenvalue weighted by Crippen LogP contribution is -1.90. The van der Waals surface area contributed by atoms with Crippen LogP contribution in [-0.2, 0) is 0 Å². The van der Waals surface area contributed by atoms with E-state index in [-0.39, 0.29) is 0 Å². The molecule has 3 rings (SSSR count). The van der Waals surface area contributed by atoms with Crippen LogP contribution in [0.4, 0.5) is 0 Å². The summed E-state index contributed by atoms with van der Waals surface area (Å²) in [6.07, 6.45) is 1.69. The molecule has 0 aliphatic carbocycles. The van der Waals surface area contributed by atoms with Crippen LogP contribution < -0.4 is 4.74 Å². The Hall–Kier alpha value is -1.29. The fourth-order valence-corrected chi connectivity index (χ4v) is 2.60. The lowest BCUT2D eigenvalue weighted by Gasteiger charge is -2.11. The molecule has 0 fully saturated rings. The smallest absolute Gasteiger partial charge is 0.152 e. The van der Waals surface area contributed by atoms with E-state index in [1.165, 1.54) is 0 Å². The second kappa shape index (κ2) is 5.60. The average Bonchev–Trinajstić information content (AvgIpc) is 2.44. The Bertz CT molecular complexity index is 792. The van der Waals surface area contributed by atoms with Crippen LogP contribution in [0.25, 0.3) is 10.9 Å². The highest BCUT2D eigenvalue weighted by Crippen LogP contribution is 2.38. The third-order valence-electron chi connectivity index (χ3n) is 2.79. The summed E-state index contributed by atoms with van der Waals surface area (Å²) < 4.78 is 6.69. The molecule has 0 radical (unpaired) electrons. The zero-order valence-corrected chi connectivity index (χ0v) is 13.2. The Labute approximate surface area is 134 Å². The topological polar surface area (TPSA) is 22.1 Å². The van der Waals surface area contributed by atoms with Gasteiger partial charge in [-0.3, -0.25) is 4.98 Å². The van der Waals surface area contributed by atoms with Gasteiger partial charge in [-0.25, -0.2) is 0 Å². The SMILES string of the molecule is Clc1ccc2c(Oc3ccccc3Cl)c(Br)cnc2c1. The van der Waals surface area contributed by atoms with Gasteiger partial charge in [0, 0.05) is 16.6 Å². The maximum Gasteiger partial charge on any atom is 0.152 e. The summed E-state index contributed by atoms with van der Waals surface area (Å²) >= 11 is 15.6. The molecule has 0 aliphatic rings. The highest BCUT2D eigenvalue weighted by Gasteiger charge is 2.11. The van der Waals surface area contributed by atoms with Gasteiger partial charge in [-0.1, -0.05) is 35.3 Å². The lowest BCUT2D eigenvalue weighted by molar-refractivity contribution is 0.485. The van der Waals surface area contributed by atoms with Crippen LogP contribution in [0.15, 0.2) is 53.1 Å². The molecule has 5 heteroatoms. The number of hydrogen-bond acceptors (Lipinski definition) is 2. The Kier molecular flexibility index (Phi) is 3.83. The maximum atomic E-state index is 6.13. The van der Waals surface area contributed by atoms with Crippen molar-refractivity contribution < 1.29 is 4.74 Å². The summed E-state index contributed by atoms with van der Waals surface area (Å²) in [6, 6.07) is 12.8. The molecule has 0 saturated carbocycles. The van der Waals surface area contributed by atoms with Crippen molar-refractivity contribution in [2.45, 2.75) is 0 Å². The van der Waals surface area contributed by atoms with Gasteiger partial charge in [-0.2, -0.15) is 0 Å². The minimum atomic E-state index is 0.554. The van der Waals surface area contributed by atoms with Crippen LogP contribution in [0.5, 0.6) is 11.5 Å². The van der Waals surface area contributed by atoms with Crippen LogP contribution in [0.2, 0.25) is 10.0 Å². The number of aromatic nitrogens is 1. The summed E-state index contributed by atoms with van der Waals surface area (Å²) in [6.45, 7) is 0. The quantitative estimate of drug-likeness (QED) is 0.545. The van der Waals surface area contributed by atoms with E-state index in [1.807, 2.05) is 24.3 Å². The number of rotatable bonds is 2. The zero-order valence-electron chi connectivity index (χ0n) is 10.1. The van der Waals surface area contributed by atoms with E-state index >= 15 is 0 Å². The molecule has 0 amide bonds. The van der Waals surface area contributed by atoms with Crippen molar-refractivity contribution in [3.8, 4) is 11.5 Å². The van der Waals surface area contributed by atoms with Crippen molar-refractivity contribution in [3.63, 3.8) is 0 Å². The molecule has 3 aromatic rings. The zero-order chi connectivity index (χ0) is 14.1. The molecule has 0 bridgehead atoms. The molecule has 2 aromatic carbocycles. The van der Waals surface area contributed by atoms with Gasteiger partial charge in [-0.15, -0.1) is 0 Å². The van der Waals surface area contributed by atoms with Gasteiger partial charge < -0.3 is 4.74 Å². The summed E-state index contributed by atoms with van der Waals surface area (Å²) in [7, 11) is 0. The second-order valence-electron chi connectivity index (χ2n) is 4.13. The summed E-state index contributed by atoms with van der Waals surface area (Å²) in [5, 5.41) is 2.05. The van der Waals surface area contributed by atoms with Gasteiger partial charge >= 0.3 is 0 Å². The van der Waals surface area contributed by atoms with Crippen LogP contribution in [0, 0.1) is 0 Å². The van der Waals surface area contributed by atoms with Gasteiger partial charge in [-0.05, 0) is 46.3 Å². The average molecular weight is 369 g/mol. The maximum absolute atomic E-state index is 6.13. The number of fused-ring (bicyclic) bond motifs is 1. The fraction of sp³-hybridized carbons (Fsp3) is 0. The second-order valence-corrected chi connectivity index (χ2v) is 5.83. The van der Waals surface area contributed by atoms with Gasteiger partial charge in [0.2, 0.25) is 0 Å². The number of pyridine rings is 1. The molecule has 20 heavy (non-hydrogen) atoms. The Morgan fingerprint density at radius 3 is 2.65 bits per heavy atom. The molecule has 2 nitrogen and oxygen atoms in total. The fourth-order valence-electron chi connectivity index (χ4n) is 1.86. The largest absolute Gasteiger partial charge is 0.454 e.